The molecule has 0 bridgehead atoms. The van der Waals surface area contributed by atoms with Gasteiger partial charge in [0.2, 0.25) is 5.91 Å². The molecular weight excluding hydrogens is 411 g/mol. The number of pyridine rings is 1. The van der Waals surface area contributed by atoms with Crippen LogP contribution >= 0.6 is 11.6 Å². The van der Waals surface area contributed by atoms with Crippen LogP contribution in [0.1, 0.15) is 43.8 Å². The number of rotatable bonds is 5. The molecular formula is C20H24ClFN6O2. The molecule has 1 aliphatic carbocycles. The minimum absolute atomic E-state index is 0.0316. The maximum Gasteiger partial charge on any atom is 0.222 e. The number of hydrogen-bond donors (Lipinski definition) is 5. The number of fused-ring (bicyclic) bond motifs is 1. The average molecular weight is 435 g/mol. The summed E-state index contributed by atoms with van der Waals surface area (Å²) < 4.78 is 14.5. The van der Waals surface area contributed by atoms with Crippen molar-refractivity contribution in [2.24, 2.45) is 4.99 Å². The van der Waals surface area contributed by atoms with Gasteiger partial charge in [-0.05, 0) is 31.7 Å². The smallest absolute Gasteiger partial charge is 0.222 e. The molecule has 4 rings (SSSR count). The monoisotopic (exact) mass is 434 g/mol. The standard InChI is InChI=1S/C20H24ClFN6O2/c1-23-16(29)7-20(30)4-2-3-12(6-20)27-19-15(22)10-26-18(28-19)14-9-25-17-13(14)5-11(21)8-24-17/h5,8-10,12,18,27-28,30H,2-4,6-7H2,1H3,(H,23,29)(H,24,25)/t12-,18?,20-/m0/s1. The van der Waals surface area contributed by atoms with Crippen LogP contribution < -0.4 is 16.0 Å². The largest absolute Gasteiger partial charge is 0.389 e. The van der Waals surface area contributed by atoms with Gasteiger partial charge in [0.1, 0.15) is 17.6 Å². The normalized spacial score (nSPS) is 26.5. The summed E-state index contributed by atoms with van der Waals surface area (Å²) in [7, 11) is 1.54. The molecule has 2 aromatic rings. The maximum atomic E-state index is 14.5. The Morgan fingerprint density at radius 1 is 1.50 bits per heavy atom. The summed E-state index contributed by atoms with van der Waals surface area (Å²) in [5, 5.41) is 20.9. The van der Waals surface area contributed by atoms with Crippen LogP contribution in [-0.4, -0.2) is 45.9 Å². The Morgan fingerprint density at radius 2 is 2.33 bits per heavy atom. The quantitative estimate of drug-likeness (QED) is 0.496. The molecule has 0 spiro atoms. The summed E-state index contributed by atoms with van der Waals surface area (Å²) in [6.45, 7) is 0. The zero-order valence-corrected chi connectivity index (χ0v) is 17.3. The van der Waals surface area contributed by atoms with Gasteiger partial charge < -0.3 is 26.0 Å². The van der Waals surface area contributed by atoms with Crippen molar-refractivity contribution >= 4 is 34.8 Å². The average Bonchev–Trinajstić information content (AvgIpc) is 3.12. The number of carbonyl (C=O) groups excluding carboxylic acids is 1. The second-order valence-electron chi connectivity index (χ2n) is 7.85. The number of allylic oxidation sites excluding steroid dienone is 1. The minimum atomic E-state index is -1.10. The van der Waals surface area contributed by atoms with Crippen LogP contribution in [0, 0.1) is 0 Å². The van der Waals surface area contributed by atoms with E-state index in [1.165, 1.54) is 6.21 Å². The summed E-state index contributed by atoms with van der Waals surface area (Å²) in [6.07, 6.45) is 6.42. The fraction of sp³-hybridized carbons (Fsp3) is 0.450. The number of carbonyl (C=O) groups is 1. The van der Waals surface area contributed by atoms with Crippen LogP contribution in [0.15, 0.2) is 35.1 Å². The number of amides is 1. The fourth-order valence-electron chi connectivity index (χ4n) is 4.16. The Morgan fingerprint density at radius 3 is 3.13 bits per heavy atom. The van der Waals surface area contributed by atoms with Crippen molar-refractivity contribution in [2.45, 2.75) is 49.9 Å². The molecule has 0 aromatic carbocycles. The predicted octanol–water partition coefficient (Wildman–Crippen LogP) is 2.43. The molecule has 0 saturated heterocycles. The summed E-state index contributed by atoms with van der Waals surface area (Å²) in [5.74, 6) is -0.505. The van der Waals surface area contributed by atoms with Gasteiger partial charge in [-0.25, -0.2) is 9.37 Å². The molecule has 3 heterocycles. The van der Waals surface area contributed by atoms with E-state index in [0.29, 0.717) is 23.5 Å². The lowest BCUT2D eigenvalue weighted by Crippen LogP contribution is -2.48. The zero-order chi connectivity index (χ0) is 21.3. The molecule has 1 saturated carbocycles. The van der Waals surface area contributed by atoms with Crippen LogP contribution in [0.4, 0.5) is 4.39 Å². The molecule has 8 nitrogen and oxygen atoms in total. The van der Waals surface area contributed by atoms with E-state index >= 15 is 0 Å². The van der Waals surface area contributed by atoms with Gasteiger partial charge in [-0.2, -0.15) is 0 Å². The summed E-state index contributed by atoms with van der Waals surface area (Å²) in [5.41, 5.74) is 0.361. The van der Waals surface area contributed by atoms with Crippen molar-refractivity contribution in [1.82, 2.24) is 25.9 Å². The van der Waals surface area contributed by atoms with E-state index in [-0.39, 0.29) is 24.2 Å². The molecule has 10 heteroatoms. The molecule has 1 fully saturated rings. The molecule has 1 amide bonds. The predicted molar refractivity (Wildman–Crippen MR) is 113 cm³/mol. The highest BCUT2D eigenvalue weighted by Gasteiger charge is 2.37. The lowest BCUT2D eigenvalue weighted by molar-refractivity contribution is -0.127. The summed E-state index contributed by atoms with van der Waals surface area (Å²) in [6, 6.07) is 1.61. The van der Waals surface area contributed by atoms with Crippen molar-refractivity contribution in [3.8, 4) is 0 Å². The van der Waals surface area contributed by atoms with Gasteiger partial charge in [0, 0.05) is 36.4 Å². The third kappa shape index (κ3) is 4.27. The van der Waals surface area contributed by atoms with E-state index in [2.05, 4.69) is 30.9 Å². The van der Waals surface area contributed by atoms with Gasteiger partial charge in [0.25, 0.3) is 0 Å². The SMILES string of the molecule is CNC(=O)C[C@]1(O)CCC[C@H](NC2=C(F)C=NC(c3c[nH]c4ncc(Cl)cc34)N2)C1. The van der Waals surface area contributed by atoms with E-state index in [4.69, 9.17) is 11.6 Å². The third-order valence-electron chi connectivity index (χ3n) is 5.62. The highest BCUT2D eigenvalue weighted by molar-refractivity contribution is 6.31. The number of H-pyrrole nitrogens is 1. The topological polar surface area (TPSA) is 114 Å². The number of nitrogens with one attached hydrogen (secondary N) is 4. The van der Waals surface area contributed by atoms with Crippen LogP contribution in [-0.2, 0) is 4.79 Å². The van der Waals surface area contributed by atoms with Crippen molar-refractivity contribution in [2.75, 3.05) is 7.05 Å². The lowest BCUT2D eigenvalue weighted by atomic mass is 9.79. The van der Waals surface area contributed by atoms with Crippen LogP contribution in [0.25, 0.3) is 11.0 Å². The van der Waals surface area contributed by atoms with Crippen LogP contribution in [0.2, 0.25) is 5.02 Å². The second kappa shape index (κ2) is 8.23. The fourth-order valence-corrected chi connectivity index (χ4v) is 4.31. The van der Waals surface area contributed by atoms with E-state index in [0.717, 1.165) is 23.8 Å². The summed E-state index contributed by atoms with van der Waals surface area (Å²) >= 11 is 6.07. The van der Waals surface area contributed by atoms with E-state index in [1.54, 1.807) is 25.5 Å². The first-order valence-electron chi connectivity index (χ1n) is 9.88. The molecule has 0 radical (unpaired) electrons. The zero-order valence-electron chi connectivity index (χ0n) is 16.5. The highest BCUT2D eigenvalue weighted by Crippen LogP contribution is 2.33. The van der Waals surface area contributed by atoms with E-state index in [9.17, 15) is 14.3 Å². The van der Waals surface area contributed by atoms with Crippen molar-refractivity contribution in [3.63, 3.8) is 0 Å². The van der Waals surface area contributed by atoms with Gasteiger partial charge >= 0.3 is 0 Å². The molecule has 1 unspecified atom stereocenters. The Labute approximate surface area is 178 Å². The molecule has 30 heavy (non-hydrogen) atoms. The second-order valence-corrected chi connectivity index (χ2v) is 8.29. The molecule has 2 aromatic heterocycles. The van der Waals surface area contributed by atoms with Gasteiger partial charge in [-0.1, -0.05) is 11.6 Å². The van der Waals surface area contributed by atoms with Crippen LogP contribution in [0.3, 0.4) is 0 Å². The lowest BCUT2D eigenvalue weighted by Gasteiger charge is -2.38. The summed E-state index contributed by atoms with van der Waals surface area (Å²) in [4.78, 5) is 23.3. The highest BCUT2D eigenvalue weighted by atomic mass is 35.5. The van der Waals surface area contributed by atoms with Crippen LogP contribution in [0.5, 0.6) is 0 Å². The van der Waals surface area contributed by atoms with Crippen molar-refractivity contribution in [1.29, 1.82) is 0 Å². The Kier molecular flexibility index (Phi) is 5.66. The van der Waals surface area contributed by atoms with E-state index in [1.807, 2.05) is 0 Å². The number of aromatic nitrogens is 2. The maximum absolute atomic E-state index is 14.5. The molecule has 2 aliphatic rings. The molecule has 160 valence electrons. The number of aromatic amines is 1. The molecule has 1 aliphatic heterocycles. The minimum Gasteiger partial charge on any atom is -0.389 e. The number of hydrogen-bond acceptors (Lipinski definition) is 6. The first kappa shape index (κ1) is 20.6. The molecule has 3 atom stereocenters. The number of nitrogens with zero attached hydrogens (tertiary/aromatic N) is 2. The first-order chi connectivity index (χ1) is 14.4. The Hall–Kier alpha value is -2.65. The molecule has 5 N–H and O–H groups in total. The van der Waals surface area contributed by atoms with Gasteiger partial charge in [-0.3, -0.25) is 9.79 Å². The van der Waals surface area contributed by atoms with E-state index < -0.39 is 17.6 Å². The number of aliphatic hydroxyl groups is 1. The first-order valence-corrected chi connectivity index (χ1v) is 10.3. The van der Waals surface area contributed by atoms with Gasteiger partial charge in [0.05, 0.1) is 23.3 Å². The number of aliphatic imine (C=N–C) groups is 1. The third-order valence-corrected chi connectivity index (χ3v) is 5.83. The Bertz CT molecular complexity index is 1020. The number of halogens is 2. The Balaban J connectivity index is 1.48. The van der Waals surface area contributed by atoms with Gasteiger partial charge in [0.15, 0.2) is 5.83 Å². The van der Waals surface area contributed by atoms with Crippen molar-refractivity contribution < 1.29 is 14.3 Å². The van der Waals surface area contributed by atoms with Gasteiger partial charge in [-0.15, -0.1) is 0 Å². The van der Waals surface area contributed by atoms with Crippen molar-refractivity contribution in [3.05, 3.63) is 40.7 Å².